The van der Waals surface area contributed by atoms with Crippen molar-refractivity contribution in [3.8, 4) is 11.8 Å². The van der Waals surface area contributed by atoms with Crippen LogP contribution in [-0.2, 0) is 4.79 Å². The number of aromatic nitrogens is 2. The number of hydrogen-bond donors (Lipinski definition) is 1. The van der Waals surface area contributed by atoms with Crippen molar-refractivity contribution in [1.29, 1.82) is 5.26 Å². The van der Waals surface area contributed by atoms with E-state index in [2.05, 4.69) is 11.4 Å². The van der Waals surface area contributed by atoms with Crippen molar-refractivity contribution in [3.05, 3.63) is 63.9 Å². The third-order valence-electron chi connectivity index (χ3n) is 5.98. The summed E-state index contributed by atoms with van der Waals surface area (Å²) in [5, 5.41) is 12.8. The van der Waals surface area contributed by atoms with Crippen LogP contribution >= 0.6 is 11.8 Å². The quantitative estimate of drug-likeness (QED) is 0.442. The summed E-state index contributed by atoms with van der Waals surface area (Å²) in [6, 6.07) is 15.2. The number of para-hydroxylation sites is 1. The smallest absolute Gasteiger partial charge is 0.266 e. The van der Waals surface area contributed by atoms with E-state index in [0.717, 1.165) is 16.8 Å². The number of nitrogens with zero attached hydrogens (tertiary/aromatic N) is 3. The molecule has 0 fully saturated rings. The van der Waals surface area contributed by atoms with E-state index < -0.39 is 10.8 Å². The van der Waals surface area contributed by atoms with Crippen LogP contribution in [0.3, 0.4) is 0 Å². The van der Waals surface area contributed by atoms with Crippen molar-refractivity contribution >= 4 is 28.6 Å². The number of aryl methyl sites for hydroxylation is 1. The molecule has 0 unspecified atom stereocenters. The highest BCUT2D eigenvalue weighted by molar-refractivity contribution is 8.00. The van der Waals surface area contributed by atoms with Gasteiger partial charge >= 0.3 is 0 Å². The predicted octanol–water partition coefficient (Wildman–Crippen LogP) is 4.54. The highest BCUT2D eigenvalue weighted by Crippen LogP contribution is 2.28. The van der Waals surface area contributed by atoms with Crippen LogP contribution in [0, 0.1) is 31.1 Å². The molecule has 1 aromatic heterocycles. The average molecular weight is 449 g/mol. The third-order valence-corrected chi connectivity index (χ3v) is 7.04. The summed E-state index contributed by atoms with van der Waals surface area (Å²) in [5.74, 6) is -0.330. The average Bonchev–Trinajstić information content (AvgIpc) is 2.76. The first-order chi connectivity index (χ1) is 15.1. The van der Waals surface area contributed by atoms with Gasteiger partial charge in [0.25, 0.3) is 5.56 Å². The van der Waals surface area contributed by atoms with E-state index in [4.69, 9.17) is 4.98 Å². The van der Waals surface area contributed by atoms with Gasteiger partial charge in [0.15, 0.2) is 5.16 Å². The van der Waals surface area contributed by atoms with Gasteiger partial charge in [-0.1, -0.05) is 49.9 Å². The summed E-state index contributed by atoms with van der Waals surface area (Å²) in [5.41, 5.74) is 2.21. The minimum Gasteiger partial charge on any atom is -0.337 e. The Morgan fingerprint density at radius 3 is 2.50 bits per heavy atom. The maximum absolute atomic E-state index is 13.5. The molecule has 1 amide bonds. The molecule has 3 aromatic rings. The second kappa shape index (κ2) is 9.17. The minimum absolute atomic E-state index is 0.0550. The largest absolute Gasteiger partial charge is 0.337 e. The topological polar surface area (TPSA) is 87.8 Å². The number of nitriles is 1. The molecule has 0 bridgehead atoms. The van der Waals surface area contributed by atoms with Crippen molar-refractivity contribution in [2.24, 2.45) is 5.92 Å². The Morgan fingerprint density at radius 2 is 1.84 bits per heavy atom. The maximum Gasteiger partial charge on any atom is 0.266 e. The summed E-state index contributed by atoms with van der Waals surface area (Å²) in [4.78, 5) is 31.2. The molecule has 6 nitrogen and oxygen atoms in total. The molecule has 0 aliphatic rings. The highest BCUT2D eigenvalue weighted by atomic mass is 32.2. The summed E-state index contributed by atoms with van der Waals surface area (Å²) in [7, 11) is 0. The zero-order chi connectivity index (χ0) is 23.6. The summed E-state index contributed by atoms with van der Waals surface area (Å²) >= 11 is 1.21. The zero-order valence-corrected chi connectivity index (χ0v) is 20.1. The molecule has 7 heteroatoms. The number of fused-ring (bicyclic) bond motifs is 1. The zero-order valence-electron chi connectivity index (χ0n) is 19.3. The van der Waals surface area contributed by atoms with Gasteiger partial charge in [-0.2, -0.15) is 5.26 Å². The monoisotopic (exact) mass is 448 g/mol. The Bertz CT molecular complexity index is 1280. The first-order valence-corrected chi connectivity index (χ1v) is 11.5. The van der Waals surface area contributed by atoms with Crippen LogP contribution < -0.4 is 10.9 Å². The van der Waals surface area contributed by atoms with E-state index in [-0.39, 0.29) is 17.4 Å². The van der Waals surface area contributed by atoms with Crippen LogP contribution in [0.15, 0.2) is 52.4 Å². The Labute approximate surface area is 192 Å². The van der Waals surface area contributed by atoms with Gasteiger partial charge in [0, 0.05) is 0 Å². The van der Waals surface area contributed by atoms with Crippen molar-refractivity contribution in [1.82, 2.24) is 14.9 Å². The molecule has 32 heavy (non-hydrogen) atoms. The van der Waals surface area contributed by atoms with E-state index in [9.17, 15) is 14.9 Å². The van der Waals surface area contributed by atoms with Gasteiger partial charge in [0.2, 0.25) is 5.91 Å². The Hall–Kier alpha value is -3.11. The highest BCUT2D eigenvalue weighted by Gasteiger charge is 2.32. The number of benzene rings is 2. The van der Waals surface area contributed by atoms with Crippen LogP contribution in [0.2, 0.25) is 0 Å². The number of nitrogens with one attached hydrogen (secondary N) is 1. The van der Waals surface area contributed by atoms with E-state index >= 15 is 0 Å². The first kappa shape index (κ1) is 23.6. The molecule has 2 atom stereocenters. The molecule has 1 heterocycles. The molecule has 0 saturated carbocycles. The molecule has 1 N–H and O–H groups in total. The second-order valence-corrected chi connectivity index (χ2v) is 9.80. The standard InChI is InChI=1S/C25H28N4O2S/c1-15(2)25(6,14-26)28-22(30)18(5)32-24-27-20-12-8-7-11-19(20)23(31)29(24)21-13-9-10-16(3)17(21)4/h7-13,15,18H,1-6H3,(H,28,30)/t18-,25+/m0/s1. The van der Waals surface area contributed by atoms with Crippen molar-refractivity contribution in [3.63, 3.8) is 0 Å². The van der Waals surface area contributed by atoms with E-state index in [1.54, 1.807) is 30.5 Å². The van der Waals surface area contributed by atoms with Crippen LogP contribution in [-0.4, -0.2) is 26.2 Å². The van der Waals surface area contributed by atoms with Gasteiger partial charge in [0.1, 0.15) is 5.54 Å². The Morgan fingerprint density at radius 1 is 1.16 bits per heavy atom. The van der Waals surface area contributed by atoms with Gasteiger partial charge in [-0.15, -0.1) is 0 Å². The lowest BCUT2D eigenvalue weighted by atomic mass is 9.90. The van der Waals surface area contributed by atoms with Crippen LogP contribution in [0.5, 0.6) is 0 Å². The Balaban J connectivity index is 2.10. The van der Waals surface area contributed by atoms with Crippen LogP contribution in [0.1, 0.15) is 38.8 Å². The maximum atomic E-state index is 13.5. The first-order valence-electron chi connectivity index (χ1n) is 10.6. The lowest BCUT2D eigenvalue weighted by Gasteiger charge is -2.28. The van der Waals surface area contributed by atoms with Crippen molar-refractivity contribution in [2.75, 3.05) is 0 Å². The molecule has 0 aliphatic heterocycles. The van der Waals surface area contributed by atoms with E-state index in [1.165, 1.54) is 11.8 Å². The van der Waals surface area contributed by atoms with Crippen molar-refractivity contribution in [2.45, 2.75) is 57.5 Å². The SMILES string of the molecule is Cc1cccc(-n2c(S[C@@H](C)C(=O)N[C@](C)(C#N)C(C)C)nc3ccccc3c2=O)c1C. The molecule has 0 saturated heterocycles. The van der Waals surface area contributed by atoms with Gasteiger partial charge in [0.05, 0.1) is 27.9 Å². The molecule has 0 aliphatic carbocycles. The number of carbonyl (C=O) groups excluding carboxylic acids is 1. The fourth-order valence-corrected chi connectivity index (χ4v) is 4.17. The number of thioether (sulfide) groups is 1. The lowest BCUT2D eigenvalue weighted by Crippen LogP contribution is -2.51. The molecule has 2 aromatic carbocycles. The number of rotatable bonds is 6. The minimum atomic E-state index is -0.977. The lowest BCUT2D eigenvalue weighted by molar-refractivity contribution is -0.121. The summed E-state index contributed by atoms with van der Waals surface area (Å²) in [6.45, 7) is 11.2. The molecule has 0 spiro atoms. The van der Waals surface area contributed by atoms with E-state index in [1.807, 2.05) is 58.0 Å². The molecular weight excluding hydrogens is 420 g/mol. The second-order valence-electron chi connectivity index (χ2n) is 8.49. The van der Waals surface area contributed by atoms with Gasteiger partial charge in [-0.3, -0.25) is 14.2 Å². The van der Waals surface area contributed by atoms with Crippen LogP contribution in [0.4, 0.5) is 0 Å². The summed E-state index contributed by atoms with van der Waals surface area (Å²) < 4.78 is 1.59. The van der Waals surface area contributed by atoms with E-state index in [0.29, 0.717) is 16.1 Å². The molecule has 0 radical (unpaired) electrons. The fourth-order valence-electron chi connectivity index (χ4n) is 3.25. The molecule has 3 rings (SSSR count). The fraction of sp³-hybridized carbons (Fsp3) is 0.360. The predicted molar refractivity (Wildman–Crippen MR) is 129 cm³/mol. The van der Waals surface area contributed by atoms with Gasteiger partial charge < -0.3 is 5.32 Å². The van der Waals surface area contributed by atoms with Crippen LogP contribution in [0.25, 0.3) is 16.6 Å². The Kier molecular flexibility index (Phi) is 6.75. The van der Waals surface area contributed by atoms with Crippen molar-refractivity contribution < 1.29 is 4.79 Å². The number of amides is 1. The molecular formula is C25H28N4O2S. The summed E-state index contributed by atoms with van der Waals surface area (Å²) in [6.07, 6.45) is 0. The third kappa shape index (κ3) is 4.42. The number of hydrogen-bond acceptors (Lipinski definition) is 5. The number of carbonyl (C=O) groups is 1. The van der Waals surface area contributed by atoms with Gasteiger partial charge in [-0.25, -0.2) is 4.98 Å². The molecule has 166 valence electrons. The normalized spacial score (nSPS) is 14.1. The van der Waals surface area contributed by atoms with Gasteiger partial charge in [-0.05, 0) is 62.9 Å².